The highest BCUT2D eigenvalue weighted by molar-refractivity contribution is 5.98. The Labute approximate surface area is 226 Å². The molecule has 0 aliphatic carbocycles. The molecule has 2 aliphatic heterocycles. The van der Waals surface area contributed by atoms with Crippen molar-refractivity contribution in [2.75, 3.05) is 33.4 Å². The van der Waals surface area contributed by atoms with Crippen LogP contribution in [0.1, 0.15) is 41.6 Å². The number of hydrogen-bond acceptors (Lipinski definition) is 7. The number of amides is 1. The van der Waals surface area contributed by atoms with E-state index in [0.29, 0.717) is 52.7 Å². The number of piperidine rings is 1. The molecule has 0 saturated carbocycles. The van der Waals surface area contributed by atoms with E-state index < -0.39 is 0 Å². The number of nitrogens with zero attached hydrogens (tertiary/aromatic N) is 3. The van der Waals surface area contributed by atoms with Gasteiger partial charge in [0.15, 0.2) is 5.58 Å². The molecule has 2 aromatic heterocycles. The number of benzene rings is 2. The van der Waals surface area contributed by atoms with Gasteiger partial charge in [-0.25, -0.2) is 0 Å². The SMILES string of the molecule is COc1cc(-c2cc3nccc(-c4ccc(OC5CCOC5)c(C#N)c4)c3o2)ccc1C(=O)N1CCCCC1. The van der Waals surface area contributed by atoms with E-state index in [1.54, 1.807) is 19.4 Å². The van der Waals surface area contributed by atoms with E-state index in [9.17, 15) is 10.1 Å². The van der Waals surface area contributed by atoms with Crippen LogP contribution >= 0.6 is 0 Å². The zero-order chi connectivity index (χ0) is 26.8. The van der Waals surface area contributed by atoms with Crippen LogP contribution in [0.15, 0.2) is 59.1 Å². The maximum atomic E-state index is 13.1. The molecule has 8 nitrogen and oxygen atoms in total. The van der Waals surface area contributed by atoms with Crippen molar-refractivity contribution in [3.8, 4) is 40.0 Å². The van der Waals surface area contributed by atoms with Gasteiger partial charge in [-0.15, -0.1) is 0 Å². The lowest BCUT2D eigenvalue weighted by Gasteiger charge is -2.27. The van der Waals surface area contributed by atoms with Gasteiger partial charge in [0.25, 0.3) is 5.91 Å². The number of likely N-dealkylation sites (tertiary alicyclic amines) is 1. The first-order valence-corrected chi connectivity index (χ1v) is 13.3. The normalized spacial score (nSPS) is 17.2. The minimum Gasteiger partial charge on any atom is -0.496 e. The van der Waals surface area contributed by atoms with Gasteiger partial charge < -0.3 is 23.5 Å². The van der Waals surface area contributed by atoms with Gasteiger partial charge in [0.2, 0.25) is 0 Å². The second kappa shape index (κ2) is 10.8. The molecule has 6 rings (SSSR count). The average molecular weight is 524 g/mol. The van der Waals surface area contributed by atoms with Crippen molar-refractivity contribution in [2.45, 2.75) is 31.8 Å². The molecule has 4 heterocycles. The summed E-state index contributed by atoms with van der Waals surface area (Å²) in [5, 5.41) is 9.79. The molecule has 4 aromatic rings. The Morgan fingerprint density at radius 3 is 2.67 bits per heavy atom. The molecule has 0 spiro atoms. The van der Waals surface area contributed by atoms with Crippen LogP contribution in [0.4, 0.5) is 0 Å². The van der Waals surface area contributed by atoms with Crippen molar-refractivity contribution in [2.24, 2.45) is 0 Å². The molecule has 0 bridgehead atoms. The molecule has 8 heteroatoms. The second-order valence-corrected chi connectivity index (χ2v) is 9.88. The number of carbonyl (C=O) groups is 1. The van der Waals surface area contributed by atoms with Crippen LogP contribution in [0.3, 0.4) is 0 Å². The van der Waals surface area contributed by atoms with Crippen molar-refractivity contribution in [1.82, 2.24) is 9.88 Å². The van der Waals surface area contributed by atoms with Crippen LogP contribution in [0.2, 0.25) is 0 Å². The molecular weight excluding hydrogens is 494 g/mol. The van der Waals surface area contributed by atoms with E-state index in [1.165, 1.54) is 0 Å². The summed E-state index contributed by atoms with van der Waals surface area (Å²) in [4.78, 5) is 19.5. The zero-order valence-electron chi connectivity index (χ0n) is 21.8. The Morgan fingerprint density at radius 2 is 1.90 bits per heavy atom. The van der Waals surface area contributed by atoms with E-state index in [1.807, 2.05) is 47.4 Å². The Balaban J connectivity index is 1.32. The molecule has 39 heavy (non-hydrogen) atoms. The Morgan fingerprint density at radius 1 is 1.05 bits per heavy atom. The highest BCUT2D eigenvalue weighted by Gasteiger charge is 2.23. The Kier molecular flexibility index (Phi) is 6.91. The molecule has 198 valence electrons. The van der Waals surface area contributed by atoms with Gasteiger partial charge >= 0.3 is 0 Å². The second-order valence-electron chi connectivity index (χ2n) is 9.88. The lowest BCUT2D eigenvalue weighted by Crippen LogP contribution is -2.35. The maximum Gasteiger partial charge on any atom is 0.257 e. The van der Waals surface area contributed by atoms with E-state index in [2.05, 4.69) is 11.1 Å². The molecule has 0 radical (unpaired) electrons. The summed E-state index contributed by atoms with van der Waals surface area (Å²) >= 11 is 0. The smallest absolute Gasteiger partial charge is 0.257 e. The molecule has 2 aromatic carbocycles. The van der Waals surface area contributed by atoms with Crippen molar-refractivity contribution in [1.29, 1.82) is 5.26 Å². The standard InChI is InChI=1S/C31H29N3O5/c1-36-29-16-21(5-7-25(29)31(35)34-12-3-2-4-13-34)28-17-26-30(39-28)24(9-11-33-26)20-6-8-27(22(15-20)18-32)38-23-10-14-37-19-23/h5-9,11,15-17,23H,2-4,10,12-14,19H2,1H3. The number of rotatable bonds is 6. The number of furan rings is 1. The lowest BCUT2D eigenvalue weighted by molar-refractivity contribution is 0.0721. The topological polar surface area (TPSA) is 97.8 Å². The van der Waals surface area contributed by atoms with Crippen molar-refractivity contribution in [3.05, 3.63) is 65.9 Å². The summed E-state index contributed by atoms with van der Waals surface area (Å²) in [5.74, 6) is 1.67. The third-order valence-electron chi connectivity index (χ3n) is 7.36. The predicted molar refractivity (Wildman–Crippen MR) is 146 cm³/mol. The van der Waals surface area contributed by atoms with Gasteiger partial charge in [0.1, 0.15) is 34.9 Å². The summed E-state index contributed by atoms with van der Waals surface area (Å²) in [7, 11) is 1.57. The van der Waals surface area contributed by atoms with Gasteiger partial charge in [-0.2, -0.15) is 5.26 Å². The molecule has 1 unspecified atom stereocenters. The van der Waals surface area contributed by atoms with Crippen LogP contribution in [0.25, 0.3) is 33.6 Å². The predicted octanol–water partition coefficient (Wildman–Crippen LogP) is 5.84. The highest BCUT2D eigenvalue weighted by atomic mass is 16.5. The van der Waals surface area contributed by atoms with Gasteiger partial charge in [0.05, 0.1) is 31.5 Å². The van der Waals surface area contributed by atoms with E-state index in [-0.39, 0.29) is 12.0 Å². The fraction of sp³-hybridized carbons (Fsp3) is 0.323. The number of ether oxygens (including phenoxy) is 3. The van der Waals surface area contributed by atoms with Crippen molar-refractivity contribution < 1.29 is 23.4 Å². The first kappa shape index (κ1) is 25.0. The number of nitriles is 1. The monoisotopic (exact) mass is 523 g/mol. The quantitative estimate of drug-likeness (QED) is 0.313. The first-order chi connectivity index (χ1) is 19.1. The van der Waals surface area contributed by atoms with Gasteiger partial charge in [0, 0.05) is 42.9 Å². The number of carbonyl (C=O) groups excluding carboxylic acids is 1. The average Bonchev–Trinajstić information content (AvgIpc) is 3.67. The third kappa shape index (κ3) is 4.93. The van der Waals surface area contributed by atoms with Crippen LogP contribution in [-0.4, -0.2) is 55.3 Å². The van der Waals surface area contributed by atoms with Gasteiger partial charge in [-0.05, 0) is 55.2 Å². The minimum absolute atomic E-state index is 0.00663. The van der Waals surface area contributed by atoms with E-state index in [4.69, 9.17) is 18.6 Å². The molecule has 2 saturated heterocycles. The summed E-state index contributed by atoms with van der Waals surface area (Å²) in [5.41, 5.74) is 4.74. The van der Waals surface area contributed by atoms with Crippen LogP contribution < -0.4 is 9.47 Å². The maximum absolute atomic E-state index is 13.1. The molecular formula is C31H29N3O5. The number of methoxy groups -OCH3 is 1. The highest BCUT2D eigenvalue weighted by Crippen LogP contribution is 2.37. The minimum atomic E-state index is -0.0401. The largest absolute Gasteiger partial charge is 0.496 e. The van der Waals surface area contributed by atoms with Crippen LogP contribution in [0, 0.1) is 11.3 Å². The Bertz CT molecular complexity index is 1560. The zero-order valence-corrected chi connectivity index (χ0v) is 21.8. The van der Waals surface area contributed by atoms with Gasteiger partial charge in [-0.1, -0.05) is 12.1 Å². The first-order valence-electron chi connectivity index (χ1n) is 13.3. The number of aromatic nitrogens is 1. The third-order valence-corrected chi connectivity index (χ3v) is 7.36. The molecule has 1 atom stereocenters. The lowest BCUT2D eigenvalue weighted by atomic mass is 10.0. The summed E-state index contributed by atoms with van der Waals surface area (Å²) in [6, 6.07) is 17.1. The van der Waals surface area contributed by atoms with Crippen molar-refractivity contribution >= 4 is 17.0 Å². The summed E-state index contributed by atoms with van der Waals surface area (Å²) in [6.45, 7) is 2.75. The summed E-state index contributed by atoms with van der Waals surface area (Å²) in [6.07, 6.45) is 5.72. The molecule has 1 amide bonds. The summed E-state index contributed by atoms with van der Waals surface area (Å²) < 4.78 is 23.3. The number of pyridine rings is 1. The fourth-order valence-corrected chi connectivity index (χ4v) is 5.27. The van der Waals surface area contributed by atoms with Crippen LogP contribution in [-0.2, 0) is 4.74 Å². The molecule has 0 N–H and O–H groups in total. The fourth-order valence-electron chi connectivity index (χ4n) is 5.27. The number of hydrogen-bond donors (Lipinski definition) is 0. The van der Waals surface area contributed by atoms with Crippen molar-refractivity contribution in [3.63, 3.8) is 0 Å². The van der Waals surface area contributed by atoms with E-state index >= 15 is 0 Å². The van der Waals surface area contributed by atoms with Crippen LogP contribution in [0.5, 0.6) is 11.5 Å². The number of fused-ring (bicyclic) bond motifs is 1. The molecule has 2 aliphatic rings. The van der Waals surface area contributed by atoms with E-state index in [0.717, 1.165) is 55.5 Å². The molecule has 2 fully saturated rings. The van der Waals surface area contributed by atoms with Gasteiger partial charge in [-0.3, -0.25) is 9.78 Å². The Hall–Kier alpha value is -4.35.